The molecule has 0 spiro atoms. The summed E-state index contributed by atoms with van der Waals surface area (Å²) in [4.78, 5) is 0. The third-order valence-corrected chi connectivity index (χ3v) is 3.19. The molecule has 0 heterocycles. The Morgan fingerprint density at radius 1 is 0.950 bits per heavy atom. The fourth-order valence-corrected chi connectivity index (χ4v) is 2.14. The molecule has 114 valence electrons. The second kappa shape index (κ2) is 10.6. The number of unbranched alkanes of at least 4 members (excludes halogenated alkanes) is 4. The molecule has 1 aromatic rings. The van der Waals surface area contributed by atoms with E-state index in [1.54, 1.807) is 0 Å². The Hall–Kier alpha value is -1.22. The van der Waals surface area contributed by atoms with Gasteiger partial charge in [0, 0.05) is 6.54 Å². The molecule has 1 N–H and O–H groups in total. The number of rotatable bonds is 11. The zero-order valence-corrected chi connectivity index (χ0v) is 13.2. The maximum Gasteiger partial charge on any atom is 0.161 e. The van der Waals surface area contributed by atoms with E-state index in [1.165, 1.54) is 31.2 Å². The monoisotopic (exact) mass is 279 g/mol. The van der Waals surface area contributed by atoms with E-state index in [1.807, 2.05) is 20.0 Å². The molecule has 1 rings (SSSR count). The van der Waals surface area contributed by atoms with Crippen LogP contribution in [-0.4, -0.2) is 20.3 Å². The Morgan fingerprint density at radius 3 is 2.45 bits per heavy atom. The molecule has 0 bridgehead atoms. The highest BCUT2D eigenvalue weighted by atomic mass is 16.5. The number of nitrogens with one attached hydrogen (secondary N) is 1. The normalized spacial score (nSPS) is 10.6. The van der Waals surface area contributed by atoms with Crippen LogP contribution in [0.4, 0.5) is 0 Å². The first-order valence-electron chi connectivity index (χ1n) is 7.84. The molecule has 0 aliphatic rings. The minimum atomic E-state index is 0.663. The van der Waals surface area contributed by atoms with Crippen LogP contribution >= 0.6 is 0 Å². The van der Waals surface area contributed by atoms with Gasteiger partial charge in [0.25, 0.3) is 0 Å². The zero-order valence-electron chi connectivity index (χ0n) is 13.2. The maximum absolute atomic E-state index is 5.86. The second-order valence-corrected chi connectivity index (χ2v) is 5.01. The summed E-state index contributed by atoms with van der Waals surface area (Å²) < 4.78 is 11.5. The third-order valence-electron chi connectivity index (χ3n) is 3.19. The molecule has 0 atom stereocenters. The lowest BCUT2D eigenvalue weighted by Crippen LogP contribution is -2.06. The smallest absolute Gasteiger partial charge is 0.161 e. The molecule has 0 amide bonds. The van der Waals surface area contributed by atoms with E-state index in [9.17, 15) is 0 Å². The molecule has 3 nitrogen and oxygen atoms in total. The van der Waals surface area contributed by atoms with Crippen molar-refractivity contribution in [3.8, 4) is 11.5 Å². The van der Waals surface area contributed by atoms with Gasteiger partial charge in [-0.15, -0.1) is 0 Å². The Labute approximate surface area is 123 Å². The van der Waals surface area contributed by atoms with Crippen molar-refractivity contribution in [1.82, 2.24) is 5.32 Å². The lowest BCUT2D eigenvalue weighted by atomic mass is 10.1. The van der Waals surface area contributed by atoms with Gasteiger partial charge in [-0.2, -0.15) is 0 Å². The van der Waals surface area contributed by atoms with E-state index in [4.69, 9.17) is 9.47 Å². The summed E-state index contributed by atoms with van der Waals surface area (Å²) in [5.74, 6) is 1.72. The molecule has 0 saturated carbocycles. The van der Waals surface area contributed by atoms with Gasteiger partial charge in [0.2, 0.25) is 0 Å². The first-order valence-corrected chi connectivity index (χ1v) is 7.84. The molecule has 0 fully saturated rings. The van der Waals surface area contributed by atoms with Gasteiger partial charge < -0.3 is 14.8 Å². The zero-order chi connectivity index (χ0) is 14.6. The summed E-state index contributed by atoms with van der Waals surface area (Å²) in [5, 5.41) is 3.15. The molecule has 0 unspecified atom stereocenters. The van der Waals surface area contributed by atoms with Gasteiger partial charge in [-0.3, -0.25) is 0 Å². The van der Waals surface area contributed by atoms with Gasteiger partial charge in [-0.1, -0.05) is 38.7 Å². The largest absolute Gasteiger partial charge is 0.490 e. The van der Waals surface area contributed by atoms with Crippen molar-refractivity contribution in [2.75, 3.05) is 20.3 Å². The SMILES string of the molecule is CCCCCCCOc1ccc(CNC)cc1OCC. The fraction of sp³-hybridized carbons (Fsp3) is 0.647. The van der Waals surface area contributed by atoms with E-state index in [-0.39, 0.29) is 0 Å². The quantitative estimate of drug-likeness (QED) is 0.617. The molecule has 0 saturated heterocycles. The molecule has 0 radical (unpaired) electrons. The van der Waals surface area contributed by atoms with Crippen LogP contribution in [0.25, 0.3) is 0 Å². The predicted octanol–water partition coefficient (Wildman–Crippen LogP) is 4.15. The lowest BCUT2D eigenvalue weighted by Gasteiger charge is -2.13. The van der Waals surface area contributed by atoms with Crippen LogP contribution < -0.4 is 14.8 Å². The van der Waals surface area contributed by atoms with Gasteiger partial charge >= 0.3 is 0 Å². The molecular formula is C17H29NO2. The number of hydrogen-bond donors (Lipinski definition) is 1. The summed E-state index contributed by atoms with van der Waals surface area (Å²) in [5.41, 5.74) is 1.21. The molecule has 1 aromatic carbocycles. The summed E-state index contributed by atoms with van der Waals surface area (Å²) in [6, 6.07) is 6.17. The fourth-order valence-electron chi connectivity index (χ4n) is 2.14. The van der Waals surface area contributed by atoms with Crippen molar-refractivity contribution >= 4 is 0 Å². The standard InChI is InChI=1S/C17H29NO2/c1-4-6-7-8-9-12-20-16-11-10-15(14-18-3)13-17(16)19-5-2/h10-11,13,18H,4-9,12,14H2,1-3H3. The van der Waals surface area contributed by atoms with Crippen LogP contribution in [-0.2, 0) is 6.54 Å². The molecule has 0 aromatic heterocycles. The van der Waals surface area contributed by atoms with Crippen LogP contribution in [0.2, 0.25) is 0 Å². The first-order chi connectivity index (χ1) is 9.81. The highest BCUT2D eigenvalue weighted by Crippen LogP contribution is 2.28. The topological polar surface area (TPSA) is 30.5 Å². The van der Waals surface area contributed by atoms with E-state index in [0.29, 0.717) is 6.61 Å². The Morgan fingerprint density at radius 2 is 1.75 bits per heavy atom. The second-order valence-electron chi connectivity index (χ2n) is 5.01. The Bertz CT molecular complexity index is 366. The van der Waals surface area contributed by atoms with Crippen molar-refractivity contribution in [2.24, 2.45) is 0 Å². The van der Waals surface area contributed by atoms with Crippen LogP contribution in [0, 0.1) is 0 Å². The van der Waals surface area contributed by atoms with Gasteiger partial charge in [-0.25, -0.2) is 0 Å². The van der Waals surface area contributed by atoms with E-state index in [2.05, 4.69) is 24.4 Å². The number of ether oxygens (including phenoxy) is 2. The van der Waals surface area contributed by atoms with Gasteiger partial charge in [0.15, 0.2) is 11.5 Å². The van der Waals surface area contributed by atoms with E-state index >= 15 is 0 Å². The average Bonchev–Trinajstić information content (AvgIpc) is 2.45. The maximum atomic E-state index is 5.86. The van der Waals surface area contributed by atoms with Crippen LogP contribution in [0.5, 0.6) is 11.5 Å². The highest BCUT2D eigenvalue weighted by Gasteiger charge is 2.06. The lowest BCUT2D eigenvalue weighted by molar-refractivity contribution is 0.270. The highest BCUT2D eigenvalue weighted by molar-refractivity contribution is 5.43. The van der Waals surface area contributed by atoms with Crippen molar-refractivity contribution in [1.29, 1.82) is 0 Å². The van der Waals surface area contributed by atoms with E-state index in [0.717, 1.165) is 31.1 Å². The molecular weight excluding hydrogens is 250 g/mol. The summed E-state index contributed by atoms with van der Waals surface area (Å²) >= 11 is 0. The summed E-state index contributed by atoms with van der Waals surface area (Å²) in [7, 11) is 1.95. The number of benzene rings is 1. The van der Waals surface area contributed by atoms with Crippen LogP contribution in [0.15, 0.2) is 18.2 Å². The minimum Gasteiger partial charge on any atom is -0.490 e. The molecule has 3 heteroatoms. The average molecular weight is 279 g/mol. The Kier molecular flexibility index (Phi) is 8.88. The van der Waals surface area contributed by atoms with Crippen molar-refractivity contribution in [3.63, 3.8) is 0 Å². The predicted molar refractivity (Wildman–Crippen MR) is 84.6 cm³/mol. The molecule has 0 aliphatic carbocycles. The number of hydrogen-bond acceptors (Lipinski definition) is 3. The van der Waals surface area contributed by atoms with Crippen molar-refractivity contribution < 1.29 is 9.47 Å². The van der Waals surface area contributed by atoms with E-state index < -0.39 is 0 Å². The van der Waals surface area contributed by atoms with Gasteiger partial charge in [0.05, 0.1) is 13.2 Å². The van der Waals surface area contributed by atoms with Crippen LogP contribution in [0.3, 0.4) is 0 Å². The van der Waals surface area contributed by atoms with Crippen molar-refractivity contribution in [2.45, 2.75) is 52.5 Å². The summed E-state index contributed by atoms with van der Waals surface area (Å²) in [6.45, 7) is 6.51. The third kappa shape index (κ3) is 6.29. The first kappa shape index (κ1) is 16.8. The molecule has 20 heavy (non-hydrogen) atoms. The minimum absolute atomic E-state index is 0.663. The van der Waals surface area contributed by atoms with Crippen LogP contribution in [0.1, 0.15) is 51.5 Å². The van der Waals surface area contributed by atoms with Crippen molar-refractivity contribution in [3.05, 3.63) is 23.8 Å². The molecule has 0 aliphatic heterocycles. The van der Waals surface area contributed by atoms with Gasteiger partial charge in [-0.05, 0) is 38.1 Å². The Balaban J connectivity index is 2.46. The summed E-state index contributed by atoms with van der Waals surface area (Å²) in [6.07, 6.45) is 6.27. The van der Waals surface area contributed by atoms with Gasteiger partial charge in [0.1, 0.15) is 0 Å².